The first kappa shape index (κ1) is 12.6. The normalized spacial score (nSPS) is 19.5. The summed E-state index contributed by atoms with van der Waals surface area (Å²) >= 11 is 1.74. The first-order chi connectivity index (χ1) is 7.94. The SMILES string of the molecule is Cc1ccc(C(C)N(C)C(=O)C2(N)CCC2)s1. The highest BCUT2D eigenvalue weighted by atomic mass is 32.1. The average Bonchev–Trinajstić information content (AvgIpc) is 2.69. The minimum atomic E-state index is -0.588. The number of thiophene rings is 1. The van der Waals surface area contributed by atoms with Crippen molar-refractivity contribution in [1.29, 1.82) is 0 Å². The number of hydrogen-bond donors (Lipinski definition) is 1. The Hall–Kier alpha value is -0.870. The Morgan fingerprint density at radius 1 is 1.53 bits per heavy atom. The smallest absolute Gasteiger partial charge is 0.242 e. The summed E-state index contributed by atoms with van der Waals surface area (Å²) in [6, 6.07) is 4.30. The fourth-order valence-corrected chi connectivity index (χ4v) is 3.14. The summed E-state index contributed by atoms with van der Waals surface area (Å²) in [5.74, 6) is 0.0855. The molecule has 0 saturated heterocycles. The van der Waals surface area contributed by atoms with Crippen LogP contribution >= 0.6 is 11.3 Å². The lowest BCUT2D eigenvalue weighted by molar-refractivity contribution is -0.140. The second-order valence-electron chi connectivity index (χ2n) is 5.05. The summed E-state index contributed by atoms with van der Waals surface area (Å²) in [4.78, 5) is 16.6. The van der Waals surface area contributed by atoms with Gasteiger partial charge in [-0.1, -0.05) is 0 Å². The molecular formula is C13H20N2OS. The van der Waals surface area contributed by atoms with Crippen LogP contribution in [0, 0.1) is 6.92 Å². The van der Waals surface area contributed by atoms with Crippen LogP contribution in [0.1, 0.15) is 42.0 Å². The zero-order valence-corrected chi connectivity index (χ0v) is 11.5. The van der Waals surface area contributed by atoms with Gasteiger partial charge >= 0.3 is 0 Å². The van der Waals surface area contributed by atoms with Crippen LogP contribution in [0.25, 0.3) is 0 Å². The van der Waals surface area contributed by atoms with Gasteiger partial charge in [-0.2, -0.15) is 0 Å². The maximum absolute atomic E-state index is 12.3. The van der Waals surface area contributed by atoms with Crippen LogP contribution in [0.5, 0.6) is 0 Å². The van der Waals surface area contributed by atoms with Gasteiger partial charge in [0.15, 0.2) is 0 Å². The van der Waals surface area contributed by atoms with E-state index >= 15 is 0 Å². The van der Waals surface area contributed by atoms with Gasteiger partial charge in [0.25, 0.3) is 0 Å². The monoisotopic (exact) mass is 252 g/mol. The first-order valence-corrected chi connectivity index (χ1v) is 6.88. The van der Waals surface area contributed by atoms with E-state index in [4.69, 9.17) is 5.73 Å². The summed E-state index contributed by atoms with van der Waals surface area (Å²) < 4.78 is 0. The molecule has 2 rings (SSSR count). The summed E-state index contributed by atoms with van der Waals surface area (Å²) in [6.07, 6.45) is 2.72. The fourth-order valence-electron chi connectivity index (χ4n) is 2.17. The molecule has 3 nitrogen and oxygen atoms in total. The van der Waals surface area contributed by atoms with Crippen molar-refractivity contribution in [2.45, 2.75) is 44.7 Å². The third-order valence-electron chi connectivity index (χ3n) is 3.75. The minimum Gasteiger partial charge on any atom is -0.337 e. The molecule has 1 unspecified atom stereocenters. The van der Waals surface area contributed by atoms with E-state index in [1.165, 1.54) is 9.75 Å². The number of hydrogen-bond acceptors (Lipinski definition) is 3. The van der Waals surface area contributed by atoms with Crippen LogP contribution in [-0.2, 0) is 4.79 Å². The first-order valence-electron chi connectivity index (χ1n) is 6.06. The van der Waals surface area contributed by atoms with Crippen LogP contribution in [-0.4, -0.2) is 23.4 Å². The van der Waals surface area contributed by atoms with E-state index in [9.17, 15) is 4.79 Å². The van der Waals surface area contributed by atoms with Crippen molar-refractivity contribution < 1.29 is 4.79 Å². The predicted molar refractivity (Wildman–Crippen MR) is 71.0 cm³/mol. The second kappa shape index (κ2) is 4.42. The number of carbonyl (C=O) groups is 1. The zero-order valence-electron chi connectivity index (χ0n) is 10.7. The summed E-state index contributed by atoms with van der Waals surface area (Å²) in [7, 11) is 1.86. The van der Waals surface area contributed by atoms with Crippen molar-refractivity contribution >= 4 is 17.2 Å². The minimum absolute atomic E-state index is 0.0855. The summed E-state index contributed by atoms with van der Waals surface area (Å²) in [5, 5.41) is 0. The molecule has 0 bridgehead atoms. The van der Waals surface area contributed by atoms with Crippen LogP contribution < -0.4 is 5.73 Å². The molecule has 0 aromatic carbocycles. The highest BCUT2D eigenvalue weighted by Gasteiger charge is 2.42. The molecule has 0 spiro atoms. The van der Waals surface area contributed by atoms with Gasteiger partial charge in [-0.3, -0.25) is 4.79 Å². The Bertz CT molecular complexity index is 423. The predicted octanol–water partition coefficient (Wildman–Crippen LogP) is 2.46. The van der Waals surface area contributed by atoms with Gasteiger partial charge in [0, 0.05) is 16.8 Å². The van der Waals surface area contributed by atoms with E-state index in [2.05, 4.69) is 26.0 Å². The number of carbonyl (C=O) groups excluding carboxylic acids is 1. The Balaban J connectivity index is 2.09. The Morgan fingerprint density at radius 2 is 2.18 bits per heavy atom. The van der Waals surface area contributed by atoms with Crippen molar-refractivity contribution in [2.75, 3.05) is 7.05 Å². The van der Waals surface area contributed by atoms with Gasteiger partial charge in [0.2, 0.25) is 5.91 Å². The highest BCUT2D eigenvalue weighted by molar-refractivity contribution is 7.12. The molecule has 1 fully saturated rings. The summed E-state index contributed by atoms with van der Waals surface area (Å²) in [5.41, 5.74) is 5.49. The largest absolute Gasteiger partial charge is 0.337 e. The zero-order chi connectivity index (χ0) is 12.6. The molecule has 1 aliphatic rings. The number of nitrogens with zero attached hydrogens (tertiary/aromatic N) is 1. The van der Waals surface area contributed by atoms with E-state index in [-0.39, 0.29) is 11.9 Å². The van der Waals surface area contributed by atoms with Crippen LogP contribution in [0.4, 0.5) is 0 Å². The molecule has 1 heterocycles. The van der Waals surface area contributed by atoms with Gasteiger partial charge in [0.1, 0.15) is 0 Å². The van der Waals surface area contributed by atoms with Gasteiger partial charge < -0.3 is 10.6 Å². The molecule has 1 amide bonds. The van der Waals surface area contributed by atoms with Crippen molar-refractivity contribution in [2.24, 2.45) is 5.73 Å². The van der Waals surface area contributed by atoms with Crippen molar-refractivity contribution in [3.8, 4) is 0 Å². The van der Waals surface area contributed by atoms with Gasteiger partial charge in [-0.05, 0) is 45.2 Å². The number of aryl methyl sites for hydroxylation is 1. The van der Waals surface area contributed by atoms with Gasteiger partial charge in [-0.25, -0.2) is 0 Å². The maximum atomic E-state index is 12.3. The topological polar surface area (TPSA) is 46.3 Å². The maximum Gasteiger partial charge on any atom is 0.242 e. The van der Waals surface area contributed by atoms with E-state index in [1.807, 2.05) is 7.05 Å². The molecule has 1 saturated carbocycles. The molecule has 94 valence electrons. The van der Waals surface area contributed by atoms with E-state index in [1.54, 1.807) is 16.2 Å². The second-order valence-corrected chi connectivity index (χ2v) is 6.37. The molecule has 0 aliphatic heterocycles. The molecule has 4 heteroatoms. The number of nitrogens with two attached hydrogens (primary N) is 1. The molecular weight excluding hydrogens is 232 g/mol. The number of amides is 1. The third-order valence-corrected chi connectivity index (χ3v) is 4.92. The van der Waals surface area contributed by atoms with Gasteiger partial charge in [-0.15, -0.1) is 11.3 Å². The molecule has 1 atom stereocenters. The fraction of sp³-hybridized carbons (Fsp3) is 0.615. The molecule has 0 radical (unpaired) electrons. The van der Waals surface area contributed by atoms with E-state index in [0.717, 1.165) is 19.3 Å². The lowest BCUT2D eigenvalue weighted by Crippen LogP contribution is -2.59. The van der Waals surface area contributed by atoms with E-state index < -0.39 is 5.54 Å². The van der Waals surface area contributed by atoms with Gasteiger partial charge in [0.05, 0.1) is 11.6 Å². The standard InChI is InChI=1S/C13H20N2OS/c1-9-5-6-11(17-9)10(2)15(3)12(16)13(14)7-4-8-13/h5-6,10H,4,7-8,14H2,1-3H3. The summed E-state index contributed by atoms with van der Waals surface area (Å²) in [6.45, 7) is 4.14. The molecule has 1 aliphatic carbocycles. The molecule has 2 N–H and O–H groups in total. The van der Waals surface area contributed by atoms with Crippen molar-refractivity contribution in [3.05, 3.63) is 21.9 Å². The average molecular weight is 252 g/mol. The lowest BCUT2D eigenvalue weighted by atomic mass is 9.76. The molecule has 17 heavy (non-hydrogen) atoms. The molecule has 1 aromatic heterocycles. The van der Waals surface area contributed by atoms with Crippen LogP contribution in [0.3, 0.4) is 0 Å². The Morgan fingerprint density at radius 3 is 2.59 bits per heavy atom. The lowest BCUT2D eigenvalue weighted by Gasteiger charge is -2.40. The van der Waals surface area contributed by atoms with E-state index in [0.29, 0.717) is 0 Å². The Kier molecular flexibility index (Phi) is 3.27. The number of likely N-dealkylation sites (N-methyl/N-ethyl adjacent to an activating group) is 1. The van der Waals surface area contributed by atoms with Crippen LogP contribution in [0.15, 0.2) is 12.1 Å². The molecule has 1 aromatic rings. The number of rotatable bonds is 3. The Labute approximate surface area is 107 Å². The third kappa shape index (κ3) is 2.24. The van der Waals surface area contributed by atoms with Crippen molar-refractivity contribution in [1.82, 2.24) is 4.90 Å². The quantitative estimate of drug-likeness (QED) is 0.898. The van der Waals surface area contributed by atoms with Crippen LogP contribution in [0.2, 0.25) is 0 Å². The van der Waals surface area contributed by atoms with Crippen molar-refractivity contribution in [3.63, 3.8) is 0 Å². The highest BCUT2D eigenvalue weighted by Crippen LogP contribution is 2.34.